The van der Waals surface area contributed by atoms with Crippen LogP contribution >= 0.6 is 0 Å². The summed E-state index contributed by atoms with van der Waals surface area (Å²) in [5.41, 5.74) is 0. The number of rotatable bonds is 6. The van der Waals surface area contributed by atoms with Gasteiger partial charge in [0.25, 0.3) is 0 Å². The summed E-state index contributed by atoms with van der Waals surface area (Å²) in [4.78, 5) is 16.9. The van der Waals surface area contributed by atoms with Crippen LogP contribution < -0.4 is 5.32 Å². The minimum atomic E-state index is 0.193. The van der Waals surface area contributed by atoms with Crippen molar-refractivity contribution in [2.45, 2.75) is 70.4 Å². The van der Waals surface area contributed by atoms with Gasteiger partial charge >= 0.3 is 0 Å². The Bertz CT molecular complexity index is 331. The molecular weight excluding hydrogens is 290 g/mol. The Morgan fingerprint density at radius 2 is 1.70 bits per heavy atom. The van der Waals surface area contributed by atoms with E-state index >= 15 is 0 Å². The lowest BCUT2D eigenvalue weighted by atomic mass is 9.97. The van der Waals surface area contributed by atoms with Crippen LogP contribution in [0, 0.1) is 0 Å². The van der Waals surface area contributed by atoms with Crippen LogP contribution in [0.1, 0.15) is 58.3 Å². The van der Waals surface area contributed by atoms with E-state index in [0.29, 0.717) is 12.6 Å². The molecule has 0 aromatic rings. The van der Waals surface area contributed by atoms with Gasteiger partial charge in [0.2, 0.25) is 5.91 Å². The number of carbonyl (C=O) groups is 1. The first-order valence-corrected chi connectivity index (χ1v) is 9.59. The van der Waals surface area contributed by atoms with Gasteiger partial charge in [-0.2, -0.15) is 0 Å². The zero-order valence-electron chi connectivity index (χ0n) is 14.8. The molecule has 0 bridgehead atoms. The van der Waals surface area contributed by atoms with Gasteiger partial charge in [0.05, 0.1) is 13.2 Å². The Hall–Kier alpha value is -0.650. The number of amides is 1. The first-order valence-electron chi connectivity index (χ1n) is 9.59. The zero-order valence-corrected chi connectivity index (χ0v) is 14.8. The number of hydrogen-bond acceptors (Lipinski definition) is 4. The molecule has 0 radical (unpaired) electrons. The Morgan fingerprint density at radius 1 is 1.09 bits per heavy atom. The summed E-state index contributed by atoms with van der Waals surface area (Å²) in [7, 11) is 0. The van der Waals surface area contributed by atoms with Crippen molar-refractivity contribution < 1.29 is 9.90 Å². The summed E-state index contributed by atoms with van der Waals surface area (Å²) in [5, 5.41) is 12.7. The molecule has 2 fully saturated rings. The van der Waals surface area contributed by atoms with Crippen molar-refractivity contribution in [2.75, 3.05) is 39.3 Å². The van der Waals surface area contributed by atoms with E-state index in [2.05, 4.69) is 22.0 Å². The van der Waals surface area contributed by atoms with Gasteiger partial charge in [-0.25, -0.2) is 0 Å². The molecule has 0 spiro atoms. The zero-order chi connectivity index (χ0) is 16.5. The Labute approximate surface area is 141 Å². The van der Waals surface area contributed by atoms with E-state index in [1.807, 2.05) is 0 Å². The van der Waals surface area contributed by atoms with Crippen LogP contribution in [0.3, 0.4) is 0 Å². The van der Waals surface area contributed by atoms with Crippen molar-refractivity contribution >= 4 is 5.91 Å². The number of carbonyl (C=O) groups excluding carboxylic acids is 1. The Kier molecular flexibility index (Phi) is 8.34. The first-order chi connectivity index (χ1) is 11.2. The van der Waals surface area contributed by atoms with Gasteiger partial charge in [-0.15, -0.1) is 0 Å². The molecule has 0 aromatic heterocycles. The summed E-state index contributed by atoms with van der Waals surface area (Å²) in [6.07, 6.45) is 9.78. The summed E-state index contributed by atoms with van der Waals surface area (Å²) < 4.78 is 0. The summed E-state index contributed by atoms with van der Waals surface area (Å²) in [6.45, 7) is 6.64. The maximum atomic E-state index is 12.3. The lowest BCUT2D eigenvalue weighted by Crippen LogP contribution is -2.53. The highest BCUT2D eigenvalue weighted by Crippen LogP contribution is 2.17. The average molecular weight is 325 g/mol. The van der Waals surface area contributed by atoms with Gasteiger partial charge < -0.3 is 10.4 Å². The molecule has 2 rings (SSSR count). The lowest BCUT2D eigenvalue weighted by Gasteiger charge is -2.38. The van der Waals surface area contributed by atoms with Crippen molar-refractivity contribution in [3.8, 4) is 0 Å². The van der Waals surface area contributed by atoms with E-state index in [0.717, 1.165) is 45.4 Å². The van der Waals surface area contributed by atoms with E-state index in [4.69, 9.17) is 0 Å². The molecule has 1 saturated heterocycles. The highest BCUT2D eigenvalue weighted by molar-refractivity contribution is 5.78. The Balaban J connectivity index is 1.67. The Morgan fingerprint density at radius 3 is 2.26 bits per heavy atom. The third-order valence-electron chi connectivity index (χ3n) is 5.44. The van der Waals surface area contributed by atoms with Crippen molar-refractivity contribution in [1.82, 2.24) is 15.1 Å². The van der Waals surface area contributed by atoms with E-state index in [9.17, 15) is 9.90 Å². The van der Waals surface area contributed by atoms with Gasteiger partial charge in [0, 0.05) is 38.3 Å². The van der Waals surface area contributed by atoms with E-state index in [1.54, 1.807) is 0 Å². The highest BCUT2D eigenvalue weighted by atomic mass is 16.3. The van der Waals surface area contributed by atoms with Gasteiger partial charge in [-0.05, 0) is 19.3 Å². The molecule has 1 aliphatic carbocycles. The van der Waals surface area contributed by atoms with Crippen LogP contribution in [0.4, 0.5) is 0 Å². The van der Waals surface area contributed by atoms with Crippen molar-refractivity contribution in [3.63, 3.8) is 0 Å². The second-order valence-corrected chi connectivity index (χ2v) is 7.17. The molecule has 1 atom stereocenters. The third kappa shape index (κ3) is 6.40. The summed E-state index contributed by atoms with van der Waals surface area (Å²) >= 11 is 0. The largest absolute Gasteiger partial charge is 0.395 e. The van der Waals surface area contributed by atoms with Crippen LogP contribution in [0.2, 0.25) is 0 Å². The summed E-state index contributed by atoms with van der Waals surface area (Å²) in [5.74, 6) is 0.193. The molecule has 5 nitrogen and oxygen atoms in total. The average Bonchev–Trinajstić information content (AvgIpc) is 2.52. The maximum Gasteiger partial charge on any atom is 0.234 e. The van der Waals surface area contributed by atoms with Crippen molar-refractivity contribution in [1.29, 1.82) is 0 Å². The molecule has 2 aliphatic rings. The first kappa shape index (κ1) is 18.7. The molecule has 2 N–H and O–H groups in total. The van der Waals surface area contributed by atoms with E-state index in [1.165, 1.54) is 32.1 Å². The minimum absolute atomic E-state index is 0.193. The van der Waals surface area contributed by atoms with Gasteiger partial charge in [-0.3, -0.25) is 14.6 Å². The number of nitrogens with zero attached hydrogens (tertiary/aromatic N) is 2. The molecule has 1 aliphatic heterocycles. The van der Waals surface area contributed by atoms with Crippen LogP contribution in [0.25, 0.3) is 0 Å². The fourth-order valence-corrected chi connectivity index (χ4v) is 3.87. The maximum absolute atomic E-state index is 12.3. The van der Waals surface area contributed by atoms with Gasteiger partial charge in [-0.1, -0.05) is 39.0 Å². The minimum Gasteiger partial charge on any atom is -0.395 e. The third-order valence-corrected chi connectivity index (χ3v) is 5.44. The van der Waals surface area contributed by atoms with E-state index in [-0.39, 0.29) is 18.6 Å². The highest BCUT2D eigenvalue weighted by Gasteiger charge is 2.24. The quantitative estimate of drug-likeness (QED) is 0.779. The molecule has 134 valence electrons. The molecule has 1 unspecified atom stereocenters. The molecule has 1 heterocycles. The number of aliphatic hydroxyl groups excluding tert-OH is 1. The number of aliphatic hydroxyl groups is 1. The monoisotopic (exact) mass is 325 g/mol. The normalized spacial score (nSPS) is 23.9. The summed E-state index contributed by atoms with van der Waals surface area (Å²) in [6, 6.07) is 0.670. The second-order valence-electron chi connectivity index (χ2n) is 7.17. The molecule has 1 amide bonds. The topological polar surface area (TPSA) is 55.8 Å². The molecule has 0 aromatic carbocycles. The van der Waals surface area contributed by atoms with Crippen LogP contribution in [-0.2, 0) is 4.79 Å². The molecule has 23 heavy (non-hydrogen) atoms. The fourth-order valence-electron chi connectivity index (χ4n) is 3.87. The SMILES string of the molecule is CCC(CO)N1CCN(CC(=O)NC2CCCCCCC2)CC1. The molecule has 1 saturated carbocycles. The number of nitrogens with one attached hydrogen (secondary N) is 1. The van der Waals surface area contributed by atoms with Gasteiger partial charge in [0.15, 0.2) is 0 Å². The van der Waals surface area contributed by atoms with Crippen molar-refractivity contribution in [3.05, 3.63) is 0 Å². The van der Waals surface area contributed by atoms with Crippen molar-refractivity contribution in [2.24, 2.45) is 0 Å². The van der Waals surface area contributed by atoms with Crippen LogP contribution in [0.15, 0.2) is 0 Å². The number of piperazine rings is 1. The standard InChI is InChI=1S/C18H35N3O2/c1-2-17(15-22)21-12-10-20(11-13-21)14-18(23)19-16-8-6-4-3-5-7-9-16/h16-17,22H,2-15H2,1H3,(H,19,23). The van der Waals surface area contributed by atoms with E-state index < -0.39 is 0 Å². The fraction of sp³-hybridized carbons (Fsp3) is 0.944. The smallest absolute Gasteiger partial charge is 0.234 e. The van der Waals surface area contributed by atoms with Crippen LogP contribution in [0.5, 0.6) is 0 Å². The van der Waals surface area contributed by atoms with Crippen LogP contribution in [-0.4, -0.2) is 72.2 Å². The predicted molar refractivity (Wildman–Crippen MR) is 93.4 cm³/mol. The molecular formula is C18H35N3O2. The lowest BCUT2D eigenvalue weighted by molar-refractivity contribution is -0.123. The predicted octanol–water partition coefficient (Wildman–Crippen LogP) is 1.60. The molecule has 5 heteroatoms. The van der Waals surface area contributed by atoms with Gasteiger partial charge in [0.1, 0.15) is 0 Å². The number of hydrogen-bond donors (Lipinski definition) is 2. The second kappa shape index (κ2) is 10.3.